The lowest BCUT2D eigenvalue weighted by molar-refractivity contribution is -0.0527. The maximum Gasteiger partial charge on any atom is 0.472 e. The molecule has 2 aliphatic rings. The van der Waals surface area contributed by atoms with Gasteiger partial charge < -0.3 is 29.5 Å². The van der Waals surface area contributed by atoms with E-state index in [-0.39, 0.29) is 5.82 Å². The highest BCUT2D eigenvalue weighted by molar-refractivity contribution is 7.54. The third-order valence-electron chi connectivity index (χ3n) is 5.55. The Kier molecular flexibility index (Phi) is 5.97. The minimum atomic E-state index is -4.44. The molecule has 172 valence electrons. The van der Waals surface area contributed by atoms with E-state index in [9.17, 15) is 18.9 Å². The first-order valence-electron chi connectivity index (χ1n) is 9.20. The van der Waals surface area contributed by atoms with E-state index in [1.54, 1.807) is 4.57 Å². The van der Waals surface area contributed by atoms with E-state index < -0.39 is 51.5 Å². The number of nitrogens with zero attached hydrogens (tertiary/aromatic N) is 4. The molecule has 31 heavy (non-hydrogen) atoms. The summed E-state index contributed by atoms with van der Waals surface area (Å²) in [5, 5.41) is 0. The minimum absolute atomic E-state index is 0.169. The molecule has 4 rings (SSSR count). The zero-order chi connectivity index (χ0) is 22.6. The molecule has 1 aliphatic carbocycles. The molecule has 4 N–H and O–H groups in total. The SMILES string of the molecule is CO[C@H]1[C@@H](OP(=O)(O)OC)[C@@H](C2CC2P(=O)(O)OC)O[C@H]1n1cnc2c(N)ncnc21. The molecule has 1 saturated heterocycles. The Morgan fingerprint density at radius 3 is 2.55 bits per heavy atom. The number of phosphoric ester groups is 1. The third-order valence-corrected chi connectivity index (χ3v) is 8.48. The fourth-order valence-electron chi connectivity index (χ4n) is 3.92. The largest absolute Gasteiger partial charge is 0.472 e. The van der Waals surface area contributed by atoms with E-state index in [0.29, 0.717) is 17.6 Å². The second-order valence-electron chi connectivity index (χ2n) is 7.21. The zero-order valence-electron chi connectivity index (χ0n) is 16.8. The summed E-state index contributed by atoms with van der Waals surface area (Å²) in [6.07, 6.45) is -0.775. The van der Waals surface area contributed by atoms with Crippen LogP contribution in [0.5, 0.6) is 0 Å². The molecule has 0 aromatic carbocycles. The molecule has 0 bridgehead atoms. The number of aromatic nitrogens is 4. The van der Waals surface area contributed by atoms with Crippen LogP contribution in [0.15, 0.2) is 12.7 Å². The molecule has 2 fully saturated rings. The number of rotatable bonds is 8. The molecule has 0 radical (unpaired) electrons. The maximum atomic E-state index is 12.3. The first-order chi connectivity index (χ1) is 14.6. The van der Waals surface area contributed by atoms with Gasteiger partial charge in [-0.25, -0.2) is 19.5 Å². The second kappa shape index (κ2) is 8.14. The van der Waals surface area contributed by atoms with Gasteiger partial charge >= 0.3 is 15.4 Å². The van der Waals surface area contributed by atoms with Crippen molar-refractivity contribution < 1.29 is 42.0 Å². The molecule has 0 amide bonds. The molecular weight excluding hydrogens is 456 g/mol. The predicted octanol–water partition coefficient (Wildman–Crippen LogP) is 0.673. The highest BCUT2D eigenvalue weighted by Crippen LogP contribution is 2.65. The number of imidazole rings is 1. The normalized spacial score (nSPS) is 34.5. The summed E-state index contributed by atoms with van der Waals surface area (Å²) >= 11 is 0. The Labute approximate surface area is 176 Å². The quantitative estimate of drug-likeness (QED) is 0.448. The maximum absolute atomic E-state index is 12.3. The van der Waals surface area contributed by atoms with E-state index in [1.807, 2.05) is 0 Å². The number of nitrogen functional groups attached to an aromatic ring is 1. The Morgan fingerprint density at radius 1 is 1.16 bits per heavy atom. The van der Waals surface area contributed by atoms with Gasteiger partial charge in [-0.2, -0.15) is 0 Å². The second-order valence-corrected chi connectivity index (χ2v) is 10.9. The van der Waals surface area contributed by atoms with Gasteiger partial charge in [0, 0.05) is 27.2 Å². The van der Waals surface area contributed by atoms with Crippen LogP contribution in [0, 0.1) is 5.92 Å². The van der Waals surface area contributed by atoms with Crippen molar-refractivity contribution in [1.29, 1.82) is 0 Å². The monoisotopic (exact) mass is 479 g/mol. The molecule has 2 aromatic heterocycles. The summed E-state index contributed by atoms with van der Waals surface area (Å²) in [5.41, 5.74) is 5.84. The van der Waals surface area contributed by atoms with Crippen molar-refractivity contribution in [3.05, 3.63) is 12.7 Å². The summed E-state index contributed by atoms with van der Waals surface area (Å²) in [4.78, 5) is 32.2. The lowest BCUT2D eigenvalue weighted by Crippen LogP contribution is -2.36. The van der Waals surface area contributed by atoms with Crippen molar-refractivity contribution >= 4 is 32.4 Å². The van der Waals surface area contributed by atoms with E-state index in [0.717, 1.165) is 14.2 Å². The highest BCUT2D eigenvalue weighted by atomic mass is 31.2. The summed E-state index contributed by atoms with van der Waals surface area (Å²) in [6.45, 7) is 0. The summed E-state index contributed by atoms with van der Waals surface area (Å²) in [7, 11) is -4.76. The summed E-state index contributed by atoms with van der Waals surface area (Å²) in [5.74, 6) is -0.308. The fourth-order valence-corrected chi connectivity index (χ4v) is 5.99. The summed E-state index contributed by atoms with van der Waals surface area (Å²) in [6, 6.07) is 0. The zero-order valence-corrected chi connectivity index (χ0v) is 18.6. The van der Waals surface area contributed by atoms with E-state index in [2.05, 4.69) is 19.5 Å². The Morgan fingerprint density at radius 2 is 1.90 bits per heavy atom. The number of hydrogen-bond acceptors (Lipinski definition) is 11. The van der Waals surface area contributed by atoms with Crippen molar-refractivity contribution in [2.24, 2.45) is 5.92 Å². The predicted molar refractivity (Wildman–Crippen MR) is 105 cm³/mol. The molecule has 8 atom stereocenters. The summed E-state index contributed by atoms with van der Waals surface area (Å²) < 4.78 is 52.4. The first-order valence-corrected chi connectivity index (χ1v) is 12.3. The van der Waals surface area contributed by atoms with Crippen LogP contribution in [0.3, 0.4) is 0 Å². The van der Waals surface area contributed by atoms with Crippen LogP contribution in [0.4, 0.5) is 5.82 Å². The molecule has 1 saturated carbocycles. The molecular formula is C15H23N5O9P2. The van der Waals surface area contributed by atoms with Gasteiger partial charge in [-0.3, -0.25) is 18.2 Å². The number of nitrogens with two attached hydrogens (primary N) is 1. The van der Waals surface area contributed by atoms with Crippen LogP contribution in [-0.4, -0.2) is 74.6 Å². The number of phosphoric acid groups is 1. The molecule has 16 heteroatoms. The first kappa shape index (κ1) is 22.7. The van der Waals surface area contributed by atoms with Crippen molar-refractivity contribution in [2.75, 3.05) is 27.1 Å². The lowest BCUT2D eigenvalue weighted by atomic mass is 10.1. The molecule has 2 aromatic rings. The van der Waals surface area contributed by atoms with Gasteiger partial charge in [-0.05, 0) is 6.42 Å². The highest BCUT2D eigenvalue weighted by Gasteiger charge is 2.62. The topological polar surface area (TPSA) is 190 Å². The Hall–Kier alpha value is -1.47. The van der Waals surface area contributed by atoms with E-state index in [1.165, 1.54) is 19.8 Å². The lowest BCUT2D eigenvalue weighted by Gasteiger charge is -2.25. The van der Waals surface area contributed by atoms with Crippen molar-refractivity contribution in [2.45, 2.75) is 36.6 Å². The van der Waals surface area contributed by atoms with Crippen LogP contribution in [0.25, 0.3) is 11.2 Å². The van der Waals surface area contributed by atoms with Crippen molar-refractivity contribution in [3.8, 4) is 0 Å². The molecule has 14 nitrogen and oxygen atoms in total. The van der Waals surface area contributed by atoms with Gasteiger partial charge in [-0.15, -0.1) is 0 Å². The molecule has 0 spiro atoms. The van der Waals surface area contributed by atoms with Gasteiger partial charge in [0.25, 0.3) is 0 Å². The van der Waals surface area contributed by atoms with Gasteiger partial charge in [-0.1, -0.05) is 0 Å². The molecule has 1 aliphatic heterocycles. The van der Waals surface area contributed by atoms with E-state index >= 15 is 0 Å². The number of ether oxygens (including phenoxy) is 2. The van der Waals surface area contributed by atoms with Crippen LogP contribution in [0.1, 0.15) is 12.6 Å². The minimum Gasteiger partial charge on any atom is -0.382 e. The van der Waals surface area contributed by atoms with Crippen LogP contribution >= 0.6 is 15.4 Å². The van der Waals surface area contributed by atoms with Crippen molar-refractivity contribution in [3.63, 3.8) is 0 Å². The van der Waals surface area contributed by atoms with Gasteiger partial charge in [0.2, 0.25) is 0 Å². The standard InChI is InChI=1S/C15H23N5O9P2/c1-25-12-11(29-31(23,24)27-3)10(7-4-8(7)30(21,22)26-2)28-15(12)20-6-19-9-13(16)17-5-18-14(9)20/h5-8,10-12,15H,4H2,1-3H3,(H,21,22)(H,23,24)(H2,16,17,18)/t7?,8?,10-,11+,12+,15-/m1/s1. The number of methoxy groups -OCH3 is 1. The average molecular weight is 479 g/mol. The van der Waals surface area contributed by atoms with Gasteiger partial charge in [0.1, 0.15) is 24.1 Å². The van der Waals surface area contributed by atoms with Crippen LogP contribution in [0.2, 0.25) is 0 Å². The Balaban J connectivity index is 1.71. The number of fused-ring (bicyclic) bond motifs is 1. The average Bonchev–Trinajstić information content (AvgIpc) is 3.31. The molecule has 3 heterocycles. The number of hydrogen-bond donors (Lipinski definition) is 3. The van der Waals surface area contributed by atoms with Gasteiger partial charge in [0.05, 0.1) is 18.1 Å². The van der Waals surface area contributed by atoms with Crippen LogP contribution in [-0.2, 0) is 32.2 Å². The van der Waals surface area contributed by atoms with E-state index in [4.69, 9.17) is 24.3 Å². The van der Waals surface area contributed by atoms with Gasteiger partial charge in [0.15, 0.2) is 17.7 Å². The fraction of sp³-hybridized carbons (Fsp3) is 0.667. The molecule has 4 unspecified atom stereocenters. The third kappa shape index (κ3) is 4.04. The Bertz CT molecular complexity index is 1070. The number of anilines is 1. The van der Waals surface area contributed by atoms with Crippen LogP contribution < -0.4 is 5.73 Å². The van der Waals surface area contributed by atoms with Crippen molar-refractivity contribution in [1.82, 2.24) is 19.5 Å². The smallest absolute Gasteiger partial charge is 0.382 e.